The van der Waals surface area contributed by atoms with Gasteiger partial charge in [-0.15, -0.1) is 0 Å². The fourth-order valence-electron chi connectivity index (χ4n) is 2.69. The fraction of sp³-hybridized carbons (Fsp3) is 0.100. The van der Waals surface area contributed by atoms with Crippen LogP contribution in [0.5, 0.6) is 5.75 Å². The summed E-state index contributed by atoms with van der Waals surface area (Å²) in [4.78, 5) is 0. The quantitative estimate of drug-likeness (QED) is 0.611. The van der Waals surface area contributed by atoms with Gasteiger partial charge in [-0.1, -0.05) is 29.8 Å². The Balaban J connectivity index is 1.89. The Hall–Kier alpha value is -2.46. The molecule has 0 aliphatic carbocycles. The monoisotopic (exact) mass is 362 g/mol. The molecular formula is C20H14ClF3O. The number of hydrogen-bond acceptors (Lipinski definition) is 1. The molecule has 0 aromatic heterocycles. The molecule has 3 rings (SSSR count). The molecule has 0 heterocycles. The zero-order valence-corrected chi connectivity index (χ0v) is 13.8. The van der Waals surface area contributed by atoms with Gasteiger partial charge in [0.15, 0.2) is 0 Å². The topological polar surface area (TPSA) is 20.2 Å². The lowest BCUT2D eigenvalue weighted by Crippen LogP contribution is -1.99. The minimum absolute atomic E-state index is 0.0679. The van der Waals surface area contributed by atoms with Crippen LogP contribution in [0.15, 0.2) is 54.6 Å². The fourth-order valence-corrected chi connectivity index (χ4v) is 2.94. The summed E-state index contributed by atoms with van der Waals surface area (Å²) in [5, 5.41) is 9.52. The maximum atomic E-state index is 14.1. The number of rotatable bonds is 4. The van der Waals surface area contributed by atoms with Crippen LogP contribution in [-0.4, -0.2) is 5.11 Å². The minimum atomic E-state index is -0.551. The number of aromatic hydroxyl groups is 1. The van der Waals surface area contributed by atoms with E-state index in [-0.39, 0.29) is 35.0 Å². The summed E-state index contributed by atoms with van der Waals surface area (Å²) in [5.74, 6) is -1.58. The lowest BCUT2D eigenvalue weighted by molar-refractivity contribution is 0.471. The molecule has 128 valence electrons. The number of phenols is 1. The highest BCUT2D eigenvalue weighted by atomic mass is 35.5. The Morgan fingerprint density at radius 2 is 1.52 bits per heavy atom. The smallest absolute Gasteiger partial charge is 0.134 e. The van der Waals surface area contributed by atoms with Crippen molar-refractivity contribution in [2.24, 2.45) is 0 Å². The van der Waals surface area contributed by atoms with Gasteiger partial charge in [0.1, 0.15) is 23.2 Å². The predicted molar refractivity (Wildman–Crippen MR) is 92.3 cm³/mol. The van der Waals surface area contributed by atoms with Crippen LogP contribution >= 0.6 is 11.6 Å². The van der Waals surface area contributed by atoms with Gasteiger partial charge in [-0.2, -0.15) is 0 Å². The molecule has 0 atom stereocenters. The van der Waals surface area contributed by atoms with Crippen molar-refractivity contribution in [3.63, 3.8) is 0 Å². The van der Waals surface area contributed by atoms with E-state index in [4.69, 9.17) is 11.6 Å². The molecule has 1 nitrogen and oxygen atoms in total. The van der Waals surface area contributed by atoms with Crippen LogP contribution in [0.1, 0.15) is 11.1 Å². The van der Waals surface area contributed by atoms with Crippen LogP contribution in [0, 0.1) is 17.5 Å². The molecule has 0 aliphatic heterocycles. The van der Waals surface area contributed by atoms with Crippen LogP contribution in [0.25, 0.3) is 11.1 Å². The van der Waals surface area contributed by atoms with Crippen LogP contribution in [-0.2, 0) is 12.8 Å². The lowest BCUT2D eigenvalue weighted by atomic mass is 9.98. The highest BCUT2D eigenvalue weighted by molar-refractivity contribution is 6.32. The van der Waals surface area contributed by atoms with E-state index in [1.165, 1.54) is 24.3 Å². The predicted octanol–water partition coefficient (Wildman–Crippen LogP) is 5.92. The third kappa shape index (κ3) is 3.80. The Kier molecular flexibility index (Phi) is 5.00. The van der Waals surface area contributed by atoms with Gasteiger partial charge in [-0.05, 0) is 65.9 Å². The molecule has 5 heteroatoms. The van der Waals surface area contributed by atoms with E-state index in [2.05, 4.69) is 0 Å². The Bertz CT molecular complexity index is 925. The molecule has 0 saturated carbocycles. The van der Waals surface area contributed by atoms with Gasteiger partial charge < -0.3 is 5.11 Å². The highest BCUT2D eigenvalue weighted by Gasteiger charge is 2.13. The molecule has 25 heavy (non-hydrogen) atoms. The van der Waals surface area contributed by atoms with E-state index in [9.17, 15) is 18.3 Å². The van der Waals surface area contributed by atoms with E-state index in [1.54, 1.807) is 24.3 Å². The summed E-state index contributed by atoms with van der Waals surface area (Å²) in [6.07, 6.45) is 0.317. The first-order valence-corrected chi connectivity index (χ1v) is 8.03. The van der Waals surface area contributed by atoms with Crippen molar-refractivity contribution in [2.75, 3.05) is 0 Å². The second kappa shape index (κ2) is 7.19. The normalized spacial score (nSPS) is 10.9. The summed E-state index contributed by atoms with van der Waals surface area (Å²) in [6.45, 7) is 0. The lowest BCUT2D eigenvalue weighted by Gasteiger charge is -2.10. The van der Waals surface area contributed by atoms with E-state index >= 15 is 0 Å². The summed E-state index contributed by atoms with van der Waals surface area (Å²) < 4.78 is 41.4. The zero-order chi connectivity index (χ0) is 18.0. The van der Waals surface area contributed by atoms with Gasteiger partial charge in [0.2, 0.25) is 0 Å². The van der Waals surface area contributed by atoms with Gasteiger partial charge in [0, 0.05) is 5.56 Å². The van der Waals surface area contributed by atoms with Gasteiger partial charge in [-0.25, -0.2) is 13.2 Å². The largest absolute Gasteiger partial charge is 0.506 e. The van der Waals surface area contributed by atoms with Gasteiger partial charge in [0.25, 0.3) is 0 Å². The molecule has 0 unspecified atom stereocenters. The number of phenolic OH excluding ortho intramolecular Hbond substituents is 1. The maximum absolute atomic E-state index is 14.1. The van der Waals surface area contributed by atoms with Gasteiger partial charge in [0.05, 0.1) is 5.02 Å². The molecule has 0 spiro atoms. The Morgan fingerprint density at radius 3 is 2.28 bits per heavy atom. The van der Waals surface area contributed by atoms with Crippen molar-refractivity contribution in [1.82, 2.24) is 0 Å². The number of halogens is 4. The zero-order valence-electron chi connectivity index (χ0n) is 13.1. The number of hydrogen-bond donors (Lipinski definition) is 1. The van der Waals surface area contributed by atoms with E-state index < -0.39 is 11.6 Å². The first kappa shape index (κ1) is 17.4. The van der Waals surface area contributed by atoms with Crippen LogP contribution in [0.3, 0.4) is 0 Å². The maximum Gasteiger partial charge on any atom is 0.134 e. The summed E-state index contributed by atoms with van der Waals surface area (Å²) in [7, 11) is 0. The Morgan fingerprint density at radius 1 is 0.800 bits per heavy atom. The first-order valence-electron chi connectivity index (χ1n) is 7.66. The molecule has 1 N–H and O–H groups in total. The second-order valence-corrected chi connectivity index (χ2v) is 6.05. The van der Waals surface area contributed by atoms with Crippen molar-refractivity contribution < 1.29 is 18.3 Å². The van der Waals surface area contributed by atoms with E-state index in [0.29, 0.717) is 16.7 Å². The van der Waals surface area contributed by atoms with Crippen molar-refractivity contribution in [1.29, 1.82) is 0 Å². The van der Waals surface area contributed by atoms with Crippen molar-refractivity contribution in [2.45, 2.75) is 12.8 Å². The van der Waals surface area contributed by atoms with Gasteiger partial charge >= 0.3 is 0 Å². The van der Waals surface area contributed by atoms with Crippen LogP contribution in [0.4, 0.5) is 13.2 Å². The molecule has 0 radical (unpaired) electrons. The molecule has 3 aromatic rings. The standard InChI is InChI=1S/C20H14ClF3O/c21-20-16(18(24)8-9-19(20)25)6-4-14-10-13(5-7-17(14)23)12-2-1-3-15(22)11-12/h1-3,5,7-11,25H,4,6H2. The molecular weight excluding hydrogens is 349 g/mol. The number of benzene rings is 3. The first-order chi connectivity index (χ1) is 12.0. The average Bonchev–Trinajstić information content (AvgIpc) is 2.60. The molecule has 0 amide bonds. The minimum Gasteiger partial charge on any atom is -0.506 e. The summed E-state index contributed by atoms with van der Waals surface area (Å²) in [5.41, 5.74) is 1.79. The SMILES string of the molecule is Oc1ccc(F)c(CCc2cc(-c3cccc(F)c3)ccc2F)c1Cl. The number of aryl methyl sites for hydroxylation is 1. The Labute approximate surface area is 148 Å². The van der Waals surface area contributed by atoms with E-state index in [1.807, 2.05) is 0 Å². The second-order valence-electron chi connectivity index (χ2n) is 5.68. The third-order valence-corrected chi connectivity index (χ3v) is 4.44. The highest BCUT2D eigenvalue weighted by Crippen LogP contribution is 2.31. The molecule has 0 aliphatic rings. The van der Waals surface area contributed by atoms with Crippen molar-refractivity contribution in [3.8, 4) is 16.9 Å². The molecule has 0 fully saturated rings. The summed E-state index contributed by atoms with van der Waals surface area (Å²) >= 11 is 5.92. The van der Waals surface area contributed by atoms with Gasteiger partial charge in [-0.3, -0.25) is 0 Å². The van der Waals surface area contributed by atoms with Crippen molar-refractivity contribution >= 4 is 11.6 Å². The third-order valence-electron chi connectivity index (χ3n) is 4.01. The molecule has 0 saturated heterocycles. The van der Waals surface area contributed by atoms with Crippen LogP contribution < -0.4 is 0 Å². The molecule has 3 aromatic carbocycles. The van der Waals surface area contributed by atoms with Crippen LogP contribution in [0.2, 0.25) is 5.02 Å². The molecule has 0 bridgehead atoms. The van der Waals surface area contributed by atoms with E-state index in [0.717, 1.165) is 6.07 Å². The average molecular weight is 363 g/mol. The summed E-state index contributed by atoms with van der Waals surface area (Å²) in [6, 6.07) is 12.8. The van der Waals surface area contributed by atoms with Crippen molar-refractivity contribution in [3.05, 3.63) is 88.2 Å².